The van der Waals surface area contributed by atoms with Gasteiger partial charge in [-0.3, -0.25) is 4.99 Å². The first-order valence-electron chi connectivity index (χ1n) is 9.21. The zero-order valence-electron chi connectivity index (χ0n) is 16.7. The summed E-state index contributed by atoms with van der Waals surface area (Å²) >= 11 is 3.53. The maximum absolute atomic E-state index is 5.42. The van der Waals surface area contributed by atoms with E-state index in [0.717, 1.165) is 49.8 Å². The van der Waals surface area contributed by atoms with Gasteiger partial charge < -0.3 is 24.4 Å². The van der Waals surface area contributed by atoms with Gasteiger partial charge in [0, 0.05) is 62.8 Å². The summed E-state index contributed by atoms with van der Waals surface area (Å²) in [6, 6.07) is 10.9. The summed E-state index contributed by atoms with van der Waals surface area (Å²) in [6.07, 6.45) is 2.06. The van der Waals surface area contributed by atoms with Gasteiger partial charge in [0.05, 0.1) is 19.8 Å². The maximum atomic E-state index is 5.42. The zero-order valence-corrected chi connectivity index (χ0v) is 20.6. The lowest BCUT2D eigenvalue weighted by molar-refractivity contribution is 0.122. The number of morpholine rings is 1. The van der Waals surface area contributed by atoms with Crippen LogP contribution < -0.4 is 10.2 Å². The highest BCUT2D eigenvalue weighted by Crippen LogP contribution is 2.17. The molecule has 1 aliphatic rings. The number of anilines is 1. The maximum Gasteiger partial charge on any atom is 0.194 e. The van der Waals surface area contributed by atoms with E-state index in [0.29, 0.717) is 0 Å². The molecule has 2 heterocycles. The number of ether oxygens (including phenoxy) is 1. The quantitative estimate of drug-likeness (QED) is 0.345. The molecule has 1 saturated heterocycles. The van der Waals surface area contributed by atoms with Crippen molar-refractivity contribution in [2.24, 2.45) is 12.0 Å². The van der Waals surface area contributed by atoms with E-state index in [1.807, 2.05) is 7.05 Å². The van der Waals surface area contributed by atoms with E-state index < -0.39 is 0 Å². The Morgan fingerprint density at radius 1 is 1.25 bits per heavy atom. The minimum absolute atomic E-state index is 0. The van der Waals surface area contributed by atoms with Crippen molar-refractivity contribution < 1.29 is 4.74 Å². The molecule has 2 aromatic rings. The molecule has 1 N–H and O–H groups in total. The molecule has 1 fully saturated rings. The average molecular weight is 562 g/mol. The SMILES string of the molecule is CN=C(NCc1ccc(N2CCOCC2)cc1)N(C)Cc1cc(Br)cn1C.I. The van der Waals surface area contributed by atoms with Gasteiger partial charge in [-0.25, -0.2) is 0 Å². The fourth-order valence-corrected chi connectivity index (χ4v) is 3.82. The van der Waals surface area contributed by atoms with Gasteiger partial charge in [-0.05, 0) is 39.7 Å². The summed E-state index contributed by atoms with van der Waals surface area (Å²) in [6.45, 7) is 5.08. The molecule has 0 unspecified atom stereocenters. The number of halogens is 2. The summed E-state index contributed by atoms with van der Waals surface area (Å²) in [5.41, 5.74) is 3.73. The van der Waals surface area contributed by atoms with Crippen LogP contribution in [0.3, 0.4) is 0 Å². The Labute approximate surface area is 193 Å². The first-order valence-corrected chi connectivity index (χ1v) is 10.0. The predicted octanol–water partition coefficient (Wildman–Crippen LogP) is 3.45. The van der Waals surface area contributed by atoms with Crippen LogP contribution in [0.25, 0.3) is 0 Å². The Balaban J connectivity index is 0.00000280. The minimum atomic E-state index is 0. The van der Waals surface area contributed by atoms with E-state index in [2.05, 4.69) is 91.2 Å². The topological polar surface area (TPSA) is 45.0 Å². The Hall–Kier alpha value is -1.26. The standard InChI is InChI=1S/C20H28BrN5O.HI/c1-22-20(25(3)15-19-12-17(21)14-24(19)2)23-13-16-4-6-18(7-5-16)26-8-10-27-11-9-26;/h4-7,12,14H,8-11,13,15H2,1-3H3,(H,22,23);1H. The largest absolute Gasteiger partial charge is 0.378 e. The highest BCUT2D eigenvalue weighted by Gasteiger charge is 2.12. The molecule has 154 valence electrons. The van der Waals surface area contributed by atoms with Crippen LogP contribution in [0.4, 0.5) is 5.69 Å². The molecule has 0 bridgehead atoms. The Morgan fingerprint density at radius 2 is 1.93 bits per heavy atom. The third kappa shape index (κ3) is 6.12. The molecule has 1 aliphatic heterocycles. The second-order valence-electron chi connectivity index (χ2n) is 6.78. The smallest absolute Gasteiger partial charge is 0.194 e. The zero-order chi connectivity index (χ0) is 19.2. The summed E-state index contributed by atoms with van der Waals surface area (Å²) < 4.78 is 8.64. The fraction of sp³-hybridized carbons (Fsp3) is 0.450. The molecule has 0 amide bonds. The predicted molar refractivity (Wildman–Crippen MR) is 130 cm³/mol. The van der Waals surface area contributed by atoms with Crippen LogP contribution in [-0.4, -0.2) is 55.8 Å². The number of rotatable bonds is 5. The van der Waals surface area contributed by atoms with Gasteiger partial charge >= 0.3 is 0 Å². The number of aromatic nitrogens is 1. The van der Waals surface area contributed by atoms with Crippen LogP contribution in [0.15, 0.2) is 46.0 Å². The van der Waals surface area contributed by atoms with Gasteiger partial charge in [0.2, 0.25) is 0 Å². The lowest BCUT2D eigenvalue weighted by Gasteiger charge is -2.29. The van der Waals surface area contributed by atoms with Crippen molar-refractivity contribution in [2.45, 2.75) is 13.1 Å². The third-order valence-corrected chi connectivity index (χ3v) is 5.24. The number of hydrogen-bond donors (Lipinski definition) is 1. The van der Waals surface area contributed by atoms with E-state index in [9.17, 15) is 0 Å². The third-order valence-electron chi connectivity index (χ3n) is 4.81. The molecule has 0 aliphatic carbocycles. The number of aliphatic imine (C=N–C) groups is 1. The average Bonchev–Trinajstić information content (AvgIpc) is 3.00. The molecule has 0 saturated carbocycles. The van der Waals surface area contributed by atoms with Gasteiger partial charge in [-0.1, -0.05) is 12.1 Å². The lowest BCUT2D eigenvalue weighted by atomic mass is 10.2. The van der Waals surface area contributed by atoms with Gasteiger partial charge in [0.25, 0.3) is 0 Å². The van der Waals surface area contributed by atoms with Crippen molar-refractivity contribution in [1.29, 1.82) is 0 Å². The number of hydrogen-bond acceptors (Lipinski definition) is 3. The van der Waals surface area contributed by atoms with E-state index in [-0.39, 0.29) is 24.0 Å². The van der Waals surface area contributed by atoms with Crippen LogP contribution in [0, 0.1) is 0 Å². The number of benzene rings is 1. The van der Waals surface area contributed by atoms with Crippen molar-refractivity contribution in [2.75, 3.05) is 45.3 Å². The van der Waals surface area contributed by atoms with Gasteiger partial charge in [-0.15, -0.1) is 24.0 Å². The Kier molecular flexibility index (Phi) is 9.10. The minimum Gasteiger partial charge on any atom is -0.378 e. The van der Waals surface area contributed by atoms with Gasteiger partial charge in [-0.2, -0.15) is 0 Å². The number of nitrogens with one attached hydrogen (secondary N) is 1. The second-order valence-corrected chi connectivity index (χ2v) is 7.70. The van der Waals surface area contributed by atoms with Crippen molar-refractivity contribution in [3.8, 4) is 0 Å². The van der Waals surface area contributed by atoms with Crippen molar-refractivity contribution in [3.63, 3.8) is 0 Å². The molecule has 28 heavy (non-hydrogen) atoms. The highest BCUT2D eigenvalue weighted by molar-refractivity contribution is 14.0. The van der Waals surface area contributed by atoms with E-state index in [1.165, 1.54) is 16.9 Å². The van der Waals surface area contributed by atoms with Gasteiger partial charge in [0.1, 0.15) is 0 Å². The summed E-state index contributed by atoms with van der Waals surface area (Å²) in [5, 5.41) is 3.45. The first kappa shape index (κ1) is 23.0. The molecule has 1 aromatic carbocycles. The van der Waals surface area contributed by atoms with Crippen LogP contribution in [0.2, 0.25) is 0 Å². The molecule has 6 nitrogen and oxygen atoms in total. The Bertz CT molecular complexity index is 771. The van der Waals surface area contributed by atoms with Crippen LogP contribution >= 0.6 is 39.9 Å². The molecule has 0 radical (unpaired) electrons. The molecular formula is C20H29BrIN5O. The summed E-state index contributed by atoms with van der Waals surface area (Å²) in [7, 11) is 5.93. The van der Waals surface area contributed by atoms with Crippen molar-refractivity contribution in [3.05, 3.63) is 52.3 Å². The van der Waals surface area contributed by atoms with Crippen LogP contribution in [0.1, 0.15) is 11.3 Å². The van der Waals surface area contributed by atoms with E-state index in [4.69, 9.17) is 4.74 Å². The Morgan fingerprint density at radius 3 is 2.50 bits per heavy atom. The van der Waals surface area contributed by atoms with Crippen LogP contribution in [-0.2, 0) is 24.9 Å². The molecule has 1 aromatic heterocycles. The van der Waals surface area contributed by atoms with E-state index in [1.54, 1.807) is 0 Å². The second kappa shape index (κ2) is 11.1. The van der Waals surface area contributed by atoms with E-state index >= 15 is 0 Å². The molecule has 8 heteroatoms. The fourth-order valence-electron chi connectivity index (χ4n) is 3.25. The van der Waals surface area contributed by atoms with Gasteiger partial charge in [0.15, 0.2) is 5.96 Å². The monoisotopic (exact) mass is 561 g/mol. The summed E-state index contributed by atoms with van der Waals surface area (Å²) in [4.78, 5) is 8.91. The number of nitrogens with zero attached hydrogens (tertiary/aromatic N) is 4. The number of guanidine groups is 1. The number of aryl methyl sites for hydroxylation is 1. The normalized spacial score (nSPS) is 14.6. The van der Waals surface area contributed by atoms with Crippen LogP contribution in [0.5, 0.6) is 0 Å². The molecule has 0 atom stereocenters. The first-order chi connectivity index (χ1) is 13.1. The molecule has 3 rings (SSSR count). The summed E-state index contributed by atoms with van der Waals surface area (Å²) in [5.74, 6) is 0.879. The van der Waals surface area contributed by atoms with Crippen molar-refractivity contribution in [1.82, 2.24) is 14.8 Å². The highest BCUT2D eigenvalue weighted by atomic mass is 127. The van der Waals surface area contributed by atoms with Crippen molar-refractivity contribution >= 4 is 51.6 Å². The molecule has 0 spiro atoms. The lowest BCUT2D eigenvalue weighted by Crippen LogP contribution is -2.38. The molecular weight excluding hydrogens is 533 g/mol.